The molecule has 2 aliphatic rings. The molecule has 13 heteroatoms. The number of aliphatic imine (C=N–C) groups is 1. The molecule has 0 amide bonds. The van der Waals surface area contributed by atoms with Crippen LogP contribution < -0.4 is 10.5 Å². The Balaban J connectivity index is 1.83. The zero-order valence-corrected chi connectivity index (χ0v) is 18.1. The summed E-state index contributed by atoms with van der Waals surface area (Å²) in [6, 6.07) is 3.59. The second kappa shape index (κ2) is 8.22. The van der Waals surface area contributed by atoms with E-state index in [0.717, 1.165) is 22.9 Å². The average molecular weight is 469 g/mol. The van der Waals surface area contributed by atoms with Gasteiger partial charge in [-0.05, 0) is 24.6 Å². The van der Waals surface area contributed by atoms with Crippen LogP contribution in [0.25, 0.3) is 0 Å². The zero-order valence-electron chi connectivity index (χ0n) is 17.2. The SMILES string of the molecule is COC[C@H]1C[C@@H]2[C@](c3cc(Oc4ncncc4F)ccc3F)(CO1)N=C(N)N(C)S2(=O)=O. The number of rotatable bonds is 5. The number of nitrogens with zero attached hydrogens (tertiary/aromatic N) is 4. The number of ether oxygens (including phenoxy) is 3. The summed E-state index contributed by atoms with van der Waals surface area (Å²) in [4.78, 5) is 11.6. The fourth-order valence-corrected chi connectivity index (χ4v) is 5.79. The van der Waals surface area contributed by atoms with E-state index in [4.69, 9.17) is 19.9 Å². The Hall–Kier alpha value is -2.90. The van der Waals surface area contributed by atoms with Crippen LogP contribution in [0, 0.1) is 11.6 Å². The number of fused-ring (bicyclic) bond motifs is 1. The van der Waals surface area contributed by atoms with Gasteiger partial charge in [0, 0.05) is 19.7 Å². The van der Waals surface area contributed by atoms with Crippen molar-refractivity contribution >= 4 is 16.0 Å². The second-order valence-corrected chi connectivity index (χ2v) is 9.59. The third-order valence-corrected chi connectivity index (χ3v) is 7.78. The van der Waals surface area contributed by atoms with E-state index in [-0.39, 0.29) is 42.8 Å². The van der Waals surface area contributed by atoms with Crippen LogP contribution in [0.15, 0.2) is 35.7 Å². The summed E-state index contributed by atoms with van der Waals surface area (Å²) in [5, 5.41) is -1.18. The summed E-state index contributed by atoms with van der Waals surface area (Å²) in [6.45, 7) is -0.106. The molecule has 0 spiro atoms. The van der Waals surface area contributed by atoms with Crippen molar-refractivity contribution in [3.8, 4) is 11.6 Å². The van der Waals surface area contributed by atoms with Crippen molar-refractivity contribution in [1.29, 1.82) is 0 Å². The Morgan fingerprint density at radius 3 is 2.84 bits per heavy atom. The van der Waals surface area contributed by atoms with Crippen LogP contribution in [-0.2, 0) is 25.0 Å². The second-order valence-electron chi connectivity index (χ2n) is 7.44. The molecular weight excluding hydrogens is 448 g/mol. The summed E-state index contributed by atoms with van der Waals surface area (Å²) in [5.41, 5.74) is 4.12. The van der Waals surface area contributed by atoms with Crippen LogP contribution in [-0.4, -0.2) is 67.4 Å². The van der Waals surface area contributed by atoms with Crippen LogP contribution in [0.2, 0.25) is 0 Å². The van der Waals surface area contributed by atoms with Gasteiger partial charge in [0.25, 0.3) is 5.88 Å². The standard InChI is InChI=1S/C19H21F2N5O5S/c1-26-18(22)25-19(9-30-12(8-29-2)6-16(19)32(26,27)28)13-5-11(3-4-14(13)20)31-17-15(21)7-23-10-24-17/h3-5,7,10,12,16H,6,8-9H2,1-2H3,(H2,22,25)/t12-,16-,19-/m1/s1. The molecule has 2 N–H and O–H groups in total. The lowest BCUT2D eigenvalue weighted by Crippen LogP contribution is -2.62. The first-order chi connectivity index (χ1) is 15.2. The molecule has 1 fully saturated rings. The minimum absolute atomic E-state index is 0.00234. The van der Waals surface area contributed by atoms with Crippen molar-refractivity contribution in [2.45, 2.75) is 23.3 Å². The molecule has 4 rings (SSSR count). The summed E-state index contributed by atoms with van der Waals surface area (Å²) >= 11 is 0. The van der Waals surface area contributed by atoms with E-state index < -0.39 is 38.6 Å². The Labute approximate surface area is 183 Å². The van der Waals surface area contributed by atoms with Crippen molar-refractivity contribution in [3.05, 3.63) is 47.9 Å². The number of methoxy groups -OCH3 is 1. The van der Waals surface area contributed by atoms with Crippen molar-refractivity contribution in [2.75, 3.05) is 27.4 Å². The number of benzene rings is 1. The maximum Gasteiger partial charge on any atom is 0.259 e. The number of aromatic nitrogens is 2. The molecule has 0 unspecified atom stereocenters. The largest absolute Gasteiger partial charge is 0.436 e. The summed E-state index contributed by atoms with van der Waals surface area (Å²) in [6.07, 6.45) is 1.48. The van der Waals surface area contributed by atoms with E-state index in [1.807, 2.05) is 0 Å². The fourth-order valence-electron chi connectivity index (χ4n) is 3.91. The minimum Gasteiger partial charge on any atom is -0.436 e. The lowest BCUT2D eigenvalue weighted by Gasteiger charge is -2.47. The van der Waals surface area contributed by atoms with Crippen molar-refractivity contribution in [2.24, 2.45) is 10.7 Å². The molecule has 3 heterocycles. The van der Waals surface area contributed by atoms with Gasteiger partial charge in [0.05, 0.1) is 25.5 Å². The highest BCUT2D eigenvalue weighted by Gasteiger charge is 2.57. The zero-order chi connectivity index (χ0) is 23.1. The molecule has 0 radical (unpaired) electrons. The summed E-state index contributed by atoms with van der Waals surface area (Å²) in [5.74, 6) is -2.21. The van der Waals surface area contributed by atoms with Gasteiger partial charge in [-0.1, -0.05) is 0 Å². The fraction of sp³-hybridized carbons (Fsp3) is 0.421. The minimum atomic E-state index is -4.01. The molecule has 0 saturated carbocycles. The molecule has 32 heavy (non-hydrogen) atoms. The highest BCUT2D eigenvalue weighted by molar-refractivity contribution is 7.90. The number of hydrogen-bond donors (Lipinski definition) is 1. The van der Waals surface area contributed by atoms with E-state index in [9.17, 15) is 12.8 Å². The van der Waals surface area contributed by atoms with Crippen LogP contribution in [0.5, 0.6) is 11.6 Å². The Bertz CT molecular complexity index is 1160. The number of hydrogen-bond acceptors (Lipinski definition) is 9. The van der Waals surface area contributed by atoms with E-state index in [0.29, 0.717) is 0 Å². The van der Waals surface area contributed by atoms with Crippen molar-refractivity contribution < 1.29 is 31.4 Å². The first kappa shape index (κ1) is 22.3. The number of halogens is 2. The molecule has 1 saturated heterocycles. The maximum absolute atomic E-state index is 15.1. The van der Waals surface area contributed by atoms with Gasteiger partial charge in [-0.25, -0.2) is 27.1 Å². The van der Waals surface area contributed by atoms with Gasteiger partial charge in [-0.2, -0.15) is 9.37 Å². The van der Waals surface area contributed by atoms with E-state index in [1.54, 1.807) is 0 Å². The van der Waals surface area contributed by atoms with Gasteiger partial charge in [0.2, 0.25) is 21.8 Å². The smallest absolute Gasteiger partial charge is 0.259 e. The number of sulfonamides is 1. The van der Waals surface area contributed by atoms with E-state index in [1.165, 1.54) is 26.3 Å². The molecule has 2 aromatic rings. The van der Waals surface area contributed by atoms with Gasteiger partial charge in [-0.3, -0.25) is 0 Å². The molecule has 0 bridgehead atoms. The summed E-state index contributed by atoms with van der Waals surface area (Å²) < 4.78 is 72.8. The molecular formula is C19H21F2N5O5S. The van der Waals surface area contributed by atoms with E-state index in [2.05, 4.69) is 15.0 Å². The molecule has 10 nitrogen and oxygen atoms in total. The van der Waals surface area contributed by atoms with Crippen molar-refractivity contribution in [3.63, 3.8) is 0 Å². The average Bonchev–Trinajstić information content (AvgIpc) is 2.76. The highest BCUT2D eigenvalue weighted by atomic mass is 32.2. The van der Waals surface area contributed by atoms with Crippen LogP contribution in [0.1, 0.15) is 12.0 Å². The molecule has 172 valence electrons. The first-order valence-electron chi connectivity index (χ1n) is 9.56. The Kier molecular flexibility index (Phi) is 5.73. The Morgan fingerprint density at radius 1 is 1.34 bits per heavy atom. The third-order valence-electron chi connectivity index (χ3n) is 5.53. The van der Waals surface area contributed by atoms with Crippen LogP contribution >= 0.6 is 0 Å². The van der Waals surface area contributed by atoms with Crippen LogP contribution in [0.3, 0.4) is 0 Å². The monoisotopic (exact) mass is 469 g/mol. The van der Waals surface area contributed by atoms with Gasteiger partial charge < -0.3 is 19.9 Å². The highest BCUT2D eigenvalue weighted by Crippen LogP contribution is 2.45. The molecule has 1 aromatic carbocycles. The molecule has 0 aliphatic carbocycles. The molecule has 1 aromatic heterocycles. The molecule has 3 atom stereocenters. The topological polar surface area (TPSA) is 129 Å². The van der Waals surface area contributed by atoms with Crippen LogP contribution in [0.4, 0.5) is 8.78 Å². The lowest BCUT2D eigenvalue weighted by atomic mass is 9.82. The van der Waals surface area contributed by atoms with Crippen molar-refractivity contribution in [1.82, 2.24) is 14.3 Å². The summed E-state index contributed by atoms with van der Waals surface area (Å²) in [7, 11) is -1.26. The Morgan fingerprint density at radius 2 is 2.12 bits per heavy atom. The lowest BCUT2D eigenvalue weighted by molar-refractivity contribution is -0.0611. The quantitative estimate of drug-likeness (QED) is 0.690. The predicted octanol–water partition coefficient (Wildman–Crippen LogP) is 1.14. The number of guanidine groups is 1. The number of nitrogens with two attached hydrogens (primary N) is 1. The predicted molar refractivity (Wildman–Crippen MR) is 108 cm³/mol. The first-order valence-corrected chi connectivity index (χ1v) is 11.1. The van der Waals surface area contributed by atoms with Gasteiger partial charge in [-0.15, -0.1) is 0 Å². The third kappa shape index (κ3) is 3.65. The normalized spacial score (nSPS) is 26.9. The molecule has 2 aliphatic heterocycles. The maximum atomic E-state index is 15.1. The van der Waals surface area contributed by atoms with Gasteiger partial charge >= 0.3 is 0 Å². The van der Waals surface area contributed by atoms with E-state index >= 15 is 4.39 Å². The van der Waals surface area contributed by atoms with Gasteiger partial charge in [0.15, 0.2) is 0 Å². The van der Waals surface area contributed by atoms with Gasteiger partial charge in [0.1, 0.15) is 28.7 Å².